The van der Waals surface area contributed by atoms with Crippen LogP contribution < -0.4 is 5.32 Å². The fourth-order valence-electron chi connectivity index (χ4n) is 3.76. The number of aliphatic hydroxyl groups is 1. The molecule has 1 spiro atoms. The van der Waals surface area contributed by atoms with Gasteiger partial charge in [-0.15, -0.1) is 0 Å². The first-order valence-corrected chi connectivity index (χ1v) is 7.68. The molecule has 0 amide bonds. The van der Waals surface area contributed by atoms with Crippen LogP contribution in [0.4, 0.5) is 0 Å². The monoisotopic (exact) mass is 255 g/mol. The zero-order valence-corrected chi connectivity index (χ0v) is 12.0. The molecule has 3 heteroatoms. The Kier molecular flexibility index (Phi) is 5.05. The van der Waals surface area contributed by atoms with Gasteiger partial charge in [-0.2, -0.15) is 0 Å². The summed E-state index contributed by atoms with van der Waals surface area (Å²) in [6.07, 6.45) is 8.39. The SMILES string of the molecule is CCOC1CC(NCC(C)CO)C12CCCCC2. The Labute approximate surface area is 111 Å². The van der Waals surface area contributed by atoms with Gasteiger partial charge in [0.25, 0.3) is 0 Å². The molecule has 2 fully saturated rings. The van der Waals surface area contributed by atoms with Gasteiger partial charge in [0, 0.05) is 31.2 Å². The van der Waals surface area contributed by atoms with E-state index in [2.05, 4.69) is 19.2 Å². The van der Waals surface area contributed by atoms with Crippen LogP contribution in [-0.2, 0) is 4.74 Å². The first kappa shape index (κ1) is 14.3. The second-order valence-electron chi connectivity index (χ2n) is 6.22. The van der Waals surface area contributed by atoms with Crippen molar-refractivity contribution in [3.8, 4) is 0 Å². The standard InChI is InChI=1S/C15H29NO2/c1-3-18-14-9-13(16-10-12(2)11-17)15(14)7-5-4-6-8-15/h12-14,16-17H,3-11H2,1-2H3. The second-order valence-corrected chi connectivity index (χ2v) is 6.22. The van der Waals surface area contributed by atoms with Gasteiger partial charge in [-0.05, 0) is 32.1 Å². The maximum atomic E-state index is 9.11. The third-order valence-corrected chi connectivity index (χ3v) is 4.96. The lowest BCUT2D eigenvalue weighted by molar-refractivity contribution is -0.150. The van der Waals surface area contributed by atoms with E-state index in [0.29, 0.717) is 23.5 Å². The topological polar surface area (TPSA) is 41.5 Å². The molecular weight excluding hydrogens is 226 g/mol. The van der Waals surface area contributed by atoms with E-state index in [-0.39, 0.29) is 6.61 Å². The molecule has 2 N–H and O–H groups in total. The van der Waals surface area contributed by atoms with Gasteiger partial charge < -0.3 is 15.2 Å². The number of rotatable bonds is 6. The Balaban J connectivity index is 1.90. The van der Waals surface area contributed by atoms with Crippen molar-refractivity contribution in [3.63, 3.8) is 0 Å². The molecule has 0 aromatic rings. The van der Waals surface area contributed by atoms with Crippen molar-refractivity contribution in [2.24, 2.45) is 11.3 Å². The smallest absolute Gasteiger partial charge is 0.0661 e. The summed E-state index contributed by atoms with van der Waals surface area (Å²) in [6.45, 7) is 6.25. The molecule has 0 bridgehead atoms. The van der Waals surface area contributed by atoms with Crippen molar-refractivity contribution in [3.05, 3.63) is 0 Å². The largest absolute Gasteiger partial charge is 0.396 e. The lowest BCUT2D eigenvalue weighted by Gasteiger charge is -2.58. The molecule has 0 heterocycles. The van der Waals surface area contributed by atoms with E-state index in [1.54, 1.807) is 0 Å². The van der Waals surface area contributed by atoms with Crippen LogP contribution in [0.25, 0.3) is 0 Å². The van der Waals surface area contributed by atoms with Gasteiger partial charge in [0.1, 0.15) is 0 Å². The second kappa shape index (κ2) is 6.36. The van der Waals surface area contributed by atoms with Crippen LogP contribution in [0.5, 0.6) is 0 Å². The van der Waals surface area contributed by atoms with Crippen LogP contribution in [0.15, 0.2) is 0 Å². The van der Waals surface area contributed by atoms with Gasteiger partial charge in [0.15, 0.2) is 0 Å². The highest BCUT2D eigenvalue weighted by atomic mass is 16.5. The molecule has 0 aromatic heterocycles. The van der Waals surface area contributed by atoms with E-state index >= 15 is 0 Å². The molecule has 2 saturated carbocycles. The van der Waals surface area contributed by atoms with Crippen LogP contribution in [-0.4, -0.2) is 37.0 Å². The van der Waals surface area contributed by atoms with Crippen LogP contribution in [0.2, 0.25) is 0 Å². The Morgan fingerprint density at radius 2 is 2.06 bits per heavy atom. The first-order valence-electron chi connectivity index (χ1n) is 7.68. The summed E-state index contributed by atoms with van der Waals surface area (Å²) < 4.78 is 5.95. The van der Waals surface area contributed by atoms with Crippen molar-refractivity contribution in [1.29, 1.82) is 0 Å². The van der Waals surface area contributed by atoms with E-state index in [9.17, 15) is 0 Å². The lowest BCUT2D eigenvalue weighted by atomic mass is 9.55. The molecule has 2 rings (SSSR count). The van der Waals surface area contributed by atoms with Crippen LogP contribution in [0, 0.1) is 11.3 Å². The molecule has 2 aliphatic rings. The maximum Gasteiger partial charge on any atom is 0.0661 e. The van der Waals surface area contributed by atoms with Crippen molar-refractivity contribution in [2.75, 3.05) is 19.8 Å². The van der Waals surface area contributed by atoms with Crippen LogP contribution in [0.3, 0.4) is 0 Å². The molecule has 0 aliphatic heterocycles. The minimum absolute atomic E-state index is 0.279. The third kappa shape index (κ3) is 2.73. The average Bonchev–Trinajstić information content (AvgIpc) is 2.42. The van der Waals surface area contributed by atoms with E-state index < -0.39 is 0 Å². The molecule has 3 nitrogen and oxygen atoms in total. The summed E-state index contributed by atoms with van der Waals surface area (Å²) in [4.78, 5) is 0. The summed E-state index contributed by atoms with van der Waals surface area (Å²) >= 11 is 0. The van der Waals surface area contributed by atoms with Crippen molar-refractivity contribution >= 4 is 0 Å². The Morgan fingerprint density at radius 3 is 2.67 bits per heavy atom. The van der Waals surface area contributed by atoms with Gasteiger partial charge in [0.2, 0.25) is 0 Å². The van der Waals surface area contributed by atoms with E-state index in [1.807, 2.05) is 0 Å². The van der Waals surface area contributed by atoms with Crippen LogP contribution >= 0.6 is 0 Å². The third-order valence-electron chi connectivity index (χ3n) is 4.96. The molecule has 0 aromatic carbocycles. The maximum absolute atomic E-state index is 9.11. The molecule has 2 aliphatic carbocycles. The minimum atomic E-state index is 0.279. The summed E-state index contributed by atoms with van der Waals surface area (Å²) in [5.74, 6) is 0.358. The predicted octanol–water partition coefficient (Wildman–Crippen LogP) is 2.33. The summed E-state index contributed by atoms with van der Waals surface area (Å²) in [5, 5.41) is 12.8. The van der Waals surface area contributed by atoms with Gasteiger partial charge in [-0.1, -0.05) is 26.2 Å². The number of hydrogen-bond donors (Lipinski definition) is 2. The van der Waals surface area contributed by atoms with Crippen molar-refractivity contribution in [1.82, 2.24) is 5.32 Å². The summed E-state index contributed by atoms with van der Waals surface area (Å²) in [5.41, 5.74) is 0.406. The Morgan fingerprint density at radius 1 is 1.33 bits per heavy atom. The molecule has 0 saturated heterocycles. The highest BCUT2D eigenvalue weighted by Crippen LogP contribution is 2.53. The van der Waals surface area contributed by atoms with Crippen molar-refractivity contribution < 1.29 is 9.84 Å². The summed E-state index contributed by atoms with van der Waals surface area (Å²) in [6, 6.07) is 0.614. The highest BCUT2D eigenvalue weighted by molar-refractivity contribution is 5.08. The first-order chi connectivity index (χ1) is 8.73. The van der Waals surface area contributed by atoms with Gasteiger partial charge in [-0.25, -0.2) is 0 Å². The summed E-state index contributed by atoms with van der Waals surface area (Å²) in [7, 11) is 0. The van der Waals surface area contributed by atoms with Gasteiger partial charge in [0.05, 0.1) is 6.10 Å². The number of aliphatic hydroxyl groups excluding tert-OH is 1. The fraction of sp³-hybridized carbons (Fsp3) is 1.00. The number of ether oxygens (including phenoxy) is 1. The fourth-order valence-corrected chi connectivity index (χ4v) is 3.76. The molecule has 106 valence electrons. The minimum Gasteiger partial charge on any atom is -0.396 e. The molecule has 0 radical (unpaired) electrons. The zero-order chi connectivity index (χ0) is 13.0. The van der Waals surface area contributed by atoms with Gasteiger partial charge in [-0.3, -0.25) is 0 Å². The molecule has 3 unspecified atom stereocenters. The van der Waals surface area contributed by atoms with E-state index in [4.69, 9.17) is 9.84 Å². The Hall–Kier alpha value is -0.120. The van der Waals surface area contributed by atoms with E-state index in [0.717, 1.165) is 19.6 Å². The van der Waals surface area contributed by atoms with Crippen molar-refractivity contribution in [2.45, 2.75) is 64.5 Å². The van der Waals surface area contributed by atoms with E-state index in [1.165, 1.54) is 32.1 Å². The lowest BCUT2D eigenvalue weighted by Crippen LogP contribution is -2.64. The normalized spacial score (nSPS) is 32.2. The highest BCUT2D eigenvalue weighted by Gasteiger charge is 2.55. The molecular formula is C15H29NO2. The average molecular weight is 255 g/mol. The molecule has 3 atom stereocenters. The zero-order valence-electron chi connectivity index (χ0n) is 12.0. The number of nitrogens with one attached hydrogen (secondary N) is 1. The van der Waals surface area contributed by atoms with Gasteiger partial charge >= 0.3 is 0 Å². The molecule has 18 heavy (non-hydrogen) atoms. The van der Waals surface area contributed by atoms with Crippen LogP contribution in [0.1, 0.15) is 52.4 Å². The number of hydrogen-bond acceptors (Lipinski definition) is 3. The quantitative estimate of drug-likeness (QED) is 0.765. The predicted molar refractivity (Wildman–Crippen MR) is 73.6 cm³/mol. The Bertz CT molecular complexity index is 251.